The molecule has 0 aromatic rings. The zero-order valence-corrected chi connectivity index (χ0v) is 6.71. The minimum Gasteiger partial charge on any atom is -0.388 e. The fourth-order valence-corrected chi connectivity index (χ4v) is 1.18. The molecule has 0 aliphatic carbocycles. The van der Waals surface area contributed by atoms with Crippen LogP contribution in [0.5, 0.6) is 0 Å². The SMILES string of the molecule is COC(C=O)C1OCC(O)C1O. The zero-order chi connectivity index (χ0) is 9.14. The fourth-order valence-electron chi connectivity index (χ4n) is 1.18. The molecule has 5 heteroatoms. The van der Waals surface area contributed by atoms with Gasteiger partial charge in [-0.1, -0.05) is 0 Å². The Morgan fingerprint density at radius 3 is 2.67 bits per heavy atom. The van der Waals surface area contributed by atoms with Crippen molar-refractivity contribution in [3.05, 3.63) is 0 Å². The van der Waals surface area contributed by atoms with Crippen molar-refractivity contribution in [3.8, 4) is 0 Å². The summed E-state index contributed by atoms with van der Waals surface area (Å²) in [5, 5.41) is 18.3. The topological polar surface area (TPSA) is 76.0 Å². The number of aldehydes is 1. The Morgan fingerprint density at radius 2 is 2.33 bits per heavy atom. The number of hydrogen-bond donors (Lipinski definition) is 2. The molecule has 12 heavy (non-hydrogen) atoms. The summed E-state index contributed by atoms with van der Waals surface area (Å²) in [6.45, 7) is 0.0412. The molecule has 1 saturated heterocycles. The molecule has 0 amide bonds. The van der Waals surface area contributed by atoms with E-state index < -0.39 is 24.4 Å². The Kier molecular flexibility index (Phi) is 3.16. The lowest BCUT2D eigenvalue weighted by Gasteiger charge is -2.19. The van der Waals surface area contributed by atoms with Crippen LogP contribution in [0.15, 0.2) is 0 Å². The van der Waals surface area contributed by atoms with Gasteiger partial charge >= 0.3 is 0 Å². The number of carbonyl (C=O) groups excluding carboxylic acids is 1. The summed E-state index contributed by atoms with van der Waals surface area (Å²) < 4.78 is 9.70. The average Bonchev–Trinajstić information content (AvgIpc) is 2.38. The molecule has 0 saturated carbocycles. The van der Waals surface area contributed by atoms with Gasteiger partial charge in [0, 0.05) is 7.11 Å². The molecule has 0 spiro atoms. The van der Waals surface area contributed by atoms with E-state index in [1.165, 1.54) is 7.11 Å². The lowest BCUT2D eigenvalue weighted by molar-refractivity contribution is -0.128. The summed E-state index contributed by atoms with van der Waals surface area (Å²) >= 11 is 0. The van der Waals surface area contributed by atoms with Crippen molar-refractivity contribution in [2.24, 2.45) is 0 Å². The van der Waals surface area contributed by atoms with E-state index >= 15 is 0 Å². The number of aliphatic hydroxyl groups is 2. The second kappa shape index (κ2) is 3.95. The number of aliphatic hydroxyl groups excluding tert-OH is 2. The van der Waals surface area contributed by atoms with Gasteiger partial charge in [0.05, 0.1) is 6.61 Å². The van der Waals surface area contributed by atoms with Gasteiger partial charge in [0.15, 0.2) is 6.29 Å². The maximum atomic E-state index is 10.4. The fraction of sp³-hybridized carbons (Fsp3) is 0.857. The van der Waals surface area contributed by atoms with E-state index in [4.69, 9.17) is 14.6 Å². The highest BCUT2D eigenvalue weighted by Crippen LogP contribution is 2.17. The predicted octanol–water partition coefficient (Wildman–Crippen LogP) is -1.68. The van der Waals surface area contributed by atoms with Crippen molar-refractivity contribution in [2.75, 3.05) is 13.7 Å². The van der Waals surface area contributed by atoms with E-state index in [1.54, 1.807) is 0 Å². The van der Waals surface area contributed by atoms with Crippen LogP contribution in [0.2, 0.25) is 0 Å². The quantitative estimate of drug-likeness (QED) is 0.502. The van der Waals surface area contributed by atoms with Gasteiger partial charge in [-0.15, -0.1) is 0 Å². The summed E-state index contributed by atoms with van der Waals surface area (Å²) in [6.07, 6.45) is -2.97. The first-order chi connectivity index (χ1) is 5.70. The first-order valence-electron chi connectivity index (χ1n) is 3.66. The van der Waals surface area contributed by atoms with E-state index in [0.717, 1.165) is 0 Å². The Hall–Kier alpha value is -0.490. The molecule has 0 bridgehead atoms. The maximum Gasteiger partial charge on any atom is 0.151 e. The average molecular weight is 176 g/mol. The van der Waals surface area contributed by atoms with Crippen molar-refractivity contribution in [3.63, 3.8) is 0 Å². The van der Waals surface area contributed by atoms with Gasteiger partial charge in [-0.2, -0.15) is 0 Å². The Morgan fingerprint density at radius 1 is 1.67 bits per heavy atom. The maximum absolute atomic E-state index is 10.4. The molecule has 1 fully saturated rings. The molecule has 4 atom stereocenters. The first kappa shape index (κ1) is 9.60. The zero-order valence-electron chi connectivity index (χ0n) is 6.71. The van der Waals surface area contributed by atoms with Crippen molar-refractivity contribution in [2.45, 2.75) is 24.4 Å². The third-order valence-corrected chi connectivity index (χ3v) is 1.92. The van der Waals surface area contributed by atoms with Gasteiger partial charge in [-0.25, -0.2) is 0 Å². The molecule has 0 aromatic heterocycles. The van der Waals surface area contributed by atoms with E-state index in [9.17, 15) is 9.90 Å². The standard InChI is InChI=1S/C7H12O5/c1-11-5(2-8)7-6(10)4(9)3-12-7/h2,4-7,9-10H,3H2,1H3. The van der Waals surface area contributed by atoms with Crippen LogP contribution in [0.25, 0.3) is 0 Å². The lowest BCUT2D eigenvalue weighted by atomic mass is 10.1. The van der Waals surface area contributed by atoms with Gasteiger partial charge < -0.3 is 24.5 Å². The molecular weight excluding hydrogens is 164 g/mol. The predicted molar refractivity (Wildman–Crippen MR) is 38.6 cm³/mol. The Bertz CT molecular complexity index is 160. The number of hydrogen-bond acceptors (Lipinski definition) is 5. The molecule has 1 aliphatic heterocycles. The molecule has 1 aliphatic rings. The third-order valence-electron chi connectivity index (χ3n) is 1.92. The second-order valence-electron chi connectivity index (χ2n) is 2.69. The van der Waals surface area contributed by atoms with Crippen LogP contribution in [-0.2, 0) is 14.3 Å². The van der Waals surface area contributed by atoms with E-state index in [0.29, 0.717) is 6.29 Å². The van der Waals surface area contributed by atoms with Crippen LogP contribution in [0, 0.1) is 0 Å². The summed E-state index contributed by atoms with van der Waals surface area (Å²) in [5.41, 5.74) is 0. The van der Waals surface area contributed by atoms with Crippen LogP contribution in [-0.4, -0.2) is 54.6 Å². The van der Waals surface area contributed by atoms with Crippen LogP contribution in [0.4, 0.5) is 0 Å². The normalized spacial score (nSPS) is 38.1. The second-order valence-corrected chi connectivity index (χ2v) is 2.69. The number of carbonyl (C=O) groups is 1. The largest absolute Gasteiger partial charge is 0.388 e. The van der Waals surface area contributed by atoms with Crippen molar-refractivity contribution >= 4 is 6.29 Å². The number of rotatable bonds is 3. The van der Waals surface area contributed by atoms with Crippen LogP contribution < -0.4 is 0 Å². The Balaban J connectivity index is 2.57. The van der Waals surface area contributed by atoms with Gasteiger partial charge in [0.25, 0.3) is 0 Å². The summed E-state index contributed by atoms with van der Waals surface area (Å²) in [6, 6.07) is 0. The van der Waals surface area contributed by atoms with Crippen molar-refractivity contribution in [1.29, 1.82) is 0 Å². The van der Waals surface area contributed by atoms with Crippen LogP contribution in [0.3, 0.4) is 0 Å². The van der Waals surface area contributed by atoms with Gasteiger partial charge in [0.1, 0.15) is 24.4 Å². The van der Waals surface area contributed by atoms with Crippen molar-refractivity contribution < 1.29 is 24.5 Å². The molecule has 5 nitrogen and oxygen atoms in total. The smallest absolute Gasteiger partial charge is 0.151 e. The first-order valence-corrected chi connectivity index (χ1v) is 3.66. The highest BCUT2D eigenvalue weighted by Gasteiger charge is 2.39. The molecule has 2 N–H and O–H groups in total. The van der Waals surface area contributed by atoms with E-state index in [-0.39, 0.29) is 6.61 Å². The number of methoxy groups -OCH3 is 1. The monoisotopic (exact) mass is 176 g/mol. The third kappa shape index (κ3) is 1.64. The van der Waals surface area contributed by atoms with Gasteiger partial charge in [0.2, 0.25) is 0 Å². The molecule has 1 rings (SSSR count). The molecular formula is C7H12O5. The lowest BCUT2D eigenvalue weighted by Crippen LogP contribution is -2.40. The van der Waals surface area contributed by atoms with Gasteiger partial charge in [-0.3, -0.25) is 0 Å². The molecule has 4 unspecified atom stereocenters. The van der Waals surface area contributed by atoms with Crippen LogP contribution >= 0.6 is 0 Å². The van der Waals surface area contributed by atoms with Crippen molar-refractivity contribution in [1.82, 2.24) is 0 Å². The molecule has 70 valence electrons. The summed E-state index contributed by atoms with van der Waals surface area (Å²) in [7, 11) is 1.35. The summed E-state index contributed by atoms with van der Waals surface area (Å²) in [5.74, 6) is 0. The molecule has 1 heterocycles. The minimum atomic E-state index is -1.04. The minimum absolute atomic E-state index is 0.0412. The van der Waals surface area contributed by atoms with Gasteiger partial charge in [-0.05, 0) is 0 Å². The van der Waals surface area contributed by atoms with Crippen LogP contribution in [0.1, 0.15) is 0 Å². The summed E-state index contributed by atoms with van der Waals surface area (Å²) in [4.78, 5) is 10.4. The molecule has 0 radical (unpaired) electrons. The van der Waals surface area contributed by atoms with E-state index in [1.807, 2.05) is 0 Å². The molecule has 0 aromatic carbocycles. The van der Waals surface area contributed by atoms with E-state index in [2.05, 4.69) is 0 Å². The number of ether oxygens (including phenoxy) is 2. The highest BCUT2D eigenvalue weighted by atomic mass is 16.6. The Labute approximate surface area is 69.9 Å². The highest BCUT2D eigenvalue weighted by molar-refractivity contribution is 5.57.